The van der Waals surface area contributed by atoms with Crippen LogP contribution in [0, 0.1) is 5.92 Å². The lowest BCUT2D eigenvalue weighted by Gasteiger charge is -2.20. The normalized spacial score (nSPS) is 14.3. The molecule has 2 aromatic carbocycles. The Morgan fingerprint density at radius 2 is 1.48 bits per heavy atom. The molecule has 0 saturated carbocycles. The van der Waals surface area contributed by atoms with E-state index in [-0.39, 0.29) is 24.9 Å². The van der Waals surface area contributed by atoms with Crippen LogP contribution in [0.2, 0.25) is 0 Å². The largest absolute Gasteiger partial charge is 0.480 e. The SMILES string of the molecule is CC(C)C(NC(=O)C[C@@H](C)NC(=O)OCC1c2ccccc2-c2ccccc21)C(=O)O. The first-order valence-corrected chi connectivity index (χ1v) is 10.4. The summed E-state index contributed by atoms with van der Waals surface area (Å²) in [5.74, 6) is -1.81. The molecule has 0 aromatic heterocycles. The van der Waals surface area contributed by atoms with Crippen molar-refractivity contribution in [2.75, 3.05) is 6.61 Å². The van der Waals surface area contributed by atoms with Gasteiger partial charge in [-0.1, -0.05) is 62.4 Å². The molecule has 31 heavy (non-hydrogen) atoms. The number of carbonyl (C=O) groups is 3. The molecule has 2 atom stereocenters. The van der Waals surface area contributed by atoms with Crippen molar-refractivity contribution in [3.05, 3.63) is 59.7 Å². The van der Waals surface area contributed by atoms with Crippen molar-refractivity contribution in [1.29, 1.82) is 0 Å². The summed E-state index contributed by atoms with van der Waals surface area (Å²) in [5.41, 5.74) is 4.54. The monoisotopic (exact) mass is 424 g/mol. The van der Waals surface area contributed by atoms with Gasteiger partial charge in [0.1, 0.15) is 12.6 Å². The highest BCUT2D eigenvalue weighted by Crippen LogP contribution is 2.44. The number of ether oxygens (including phenoxy) is 1. The Morgan fingerprint density at radius 1 is 0.935 bits per heavy atom. The van der Waals surface area contributed by atoms with Crippen molar-refractivity contribution in [2.24, 2.45) is 5.92 Å². The molecule has 0 fully saturated rings. The molecule has 7 heteroatoms. The van der Waals surface area contributed by atoms with Gasteiger partial charge >= 0.3 is 12.1 Å². The summed E-state index contributed by atoms with van der Waals surface area (Å²) in [7, 11) is 0. The first kappa shape index (κ1) is 22.3. The number of rotatable bonds is 8. The Hall–Kier alpha value is -3.35. The van der Waals surface area contributed by atoms with Crippen LogP contribution in [0.25, 0.3) is 11.1 Å². The average Bonchev–Trinajstić information content (AvgIpc) is 3.04. The van der Waals surface area contributed by atoms with Gasteiger partial charge in [-0.3, -0.25) is 4.79 Å². The Bertz CT molecular complexity index is 926. The van der Waals surface area contributed by atoms with Crippen LogP contribution in [0.1, 0.15) is 44.2 Å². The smallest absolute Gasteiger partial charge is 0.407 e. The fourth-order valence-corrected chi connectivity index (χ4v) is 3.92. The zero-order valence-electron chi connectivity index (χ0n) is 17.9. The molecule has 0 radical (unpaired) electrons. The van der Waals surface area contributed by atoms with Crippen LogP contribution in [-0.4, -0.2) is 41.8 Å². The van der Waals surface area contributed by atoms with E-state index in [1.807, 2.05) is 36.4 Å². The van der Waals surface area contributed by atoms with Crippen LogP contribution in [0.4, 0.5) is 4.79 Å². The number of aliphatic carboxylic acids is 1. The predicted octanol–water partition coefficient (Wildman–Crippen LogP) is 3.53. The molecule has 1 aliphatic carbocycles. The van der Waals surface area contributed by atoms with Crippen LogP contribution in [-0.2, 0) is 14.3 Å². The lowest BCUT2D eigenvalue weighted by atomic mass is 9.98. The first-order chi connectivity index (χ1) is 14.8. The maximum absolute atomic E-state index is 12.3. The van der Waals surface area contributed by atoms with Gasteiger partial charge in [0.05, 0.1) is 0 Å². The molecule has 3 rings (SSSR count). The van der Waals surface area contributed by atoms with Gasteiger partial charge in [0.15, 0.2) is 0 Å². The van der Waals surface area contributed by atoms with Crippen LogP contribution in [0.5, 0.6) is 0 Å². The number of hydrogen-bond donors (Lipinski definition) is 3. The summed E-state index contributed by atoms with van der Waals surface area (Å²) in [5, 5.41) is 14.3. The lowest BCUT2D eigenvalue weighted by molar-refractivity contribution is -0.143. The molecule has 1 aliphatic rings. The van der Waals surface area contributed by atoms with E-state index in [1.54, 1.807) is 20.8 Å². The highest BCUT2D eigenvalue weighted by molar-refractivity contribution is 5.84. The zero-order chi connectivity index (χ0) is 22.5. The van der Waals surface area contributed by atoms with Gasteiger partial charge in [-0.15, -0.1) is 0 Å². The third-order valence-electron chi connectivity index (χ3n) is 5.45. The minimum Gasteiger partial charge on any atom is -0.480 e. The molecule has 0 bridgehead atoms. The van der Waals surface area contributed by atoms with E-state index < -0.39 is 30.1 Å². The fourth-order valence-electron chi connectivity index (χ4n) is 3.92. The van der Waals surface area contributed by atoms with Gasteiger partial charge in [-0.2, -0.15) is 0 Å². The van der Waals surface area contributed by atoms with E-state index in [0.717, 1.165) is 22.3 Å². The molecule has 0 spiro atoms. The standard InChI is InChI=1S/C24H28N2O5/c1-14(2)22(23(28)29)26-21(27)12-15(3)25-24(30)31-13-20-18-10-6-4-8-16(18)17-9-5-7-11-19(17)20/h4-11,14-15,20,22H,12-13H2,1-3H3,(H,25,30)(H,26,27)(H,28,29)/t15-,22?/m1/s1. The Labute approximate surface area is 181 Å². The molecule has 0 heterocycles. The third kappa shape index (κ3) is 5.23. The molecular weight excluding hydrogens is 396 g/mol. The van der Waals surface area contributed by atoms with Gasteiger partial charge in [-0.05, 0) is 35.1 Å². The van der Waals surface area contributed by atoms with Crippen molar-refractivity contribution >= 4 is 18.0 Å². The van der Waals surface area contributed by atoms with Crippen LogP contribution in [0.3, 0.4) is 0 Å². The van der Waals surface area contributed by atoms with E-state index in [2.05, 4.69) is 22.8 Å². The predicted molar refractivity (Wildman–Crippen MR) is 117 cm³/mol. The Kier molecular flexibility index (Phi) is 6.95. The number of alkyl carbamates (subject to hydrolysis) is 1. The topological polar surface area (TPSA) is 105 Å². The van der Waals surface area contributed by atoms with Gasteiger partial charge in [0, 0.05) is 18.4 Å². The van der Waals surface area contributed by atoms with Crippen LogP contribution >= 0.6 is 0 Å². The fraction of sp³-hybridized carbons (Fsp3) is 0.375. The highest BCUT2D eigenvalue weighted by Gasteiger charge is 2.29. The van der Waals surface area contributed by atoms with Crippen LogP contribution in [0.15, 0.2) is 48.5 Å². The summed E-state index contributed by atoms with van der Waals surface area (Å²) < 4.78 is 5.47. The van der Waals surface area contributed by atoms with Gasteiger partial charge in [-0.25, -0.2) is 9.59 Å². The number of carboxylic acid groups (broad SMARTS) is 1. The van der Waals surface area contributed by atoms with Crippen molar-refractivity contribution in [3.63, 3.8) is 0 Å². The number of hydrogen-bond acceptors (Lipinski definition) is 4. The molecule has 7 nitrogen and oxygen atoms in total. The first-order valence-electron chi connectivity index (χ1n) is 10.4. The van der Waals surface area contributed by atoms with Crippen molar-refractivity contribution < 1.29 is 24.2 Å². The number of carboxylic acids is 1. The Morgan fingerprint density at radius 3 is 2.00 bits per heavy atom. The van der Waals surface area contributed by atoms with E-state index in [1.165, 1.54) is 0 Å². The van der Waals surface area contributed by atoms with E-state index in [9.17, 15) is 19.5 Å². The average molecular weight is 424 g/mol. The minimum absolute atomic E-state index is 0.0410. The highest BCUT2D eigenvalue weighted by atomic mass is 16.5. The summed E-state index contributed by atoms with van der Waals surface area (Å²) in [6, 6.07) is 14.7. The number of carbonyl (C=O) groups excluding carboxylic acids is 2. The lowest BCUT2D eigenvalue weighted by Crippen LogP contribution is -2.46. The van der Waals surface area contributed by atoms with Gasteiger partial charge in [0.25, 0.3) is 0 Å². The molecule has 2 amide bonds. The second kappa shape index (κ2) is 9.64. The third-order valence-corrected chi connectivity index (χ3v) is 5.45. The summed E-state index contributed by atoms with van der Waals surface area (Å²) >= 11 is 0. The number of amides is 2. The van der Waals surface area contributed by atoms with Crippen molar-refractivity contribution in [1.82, 2.24) is 10.6 Å². The second-order valence-corrected chi connectivity index (χ2v) is 8.20. The Balaban J connectivity index is 1.54. The summed E-state index contributed by atoms with van der Waals surface area (Å²) in [6.07, 6.45) is -0.651. The van der Waals surface area contributed by atoms with E-state index >= 15 is 0 Å². The number of fused-ring (bicyclic) bond motifs is 3. The summed E-state index contributed by atoms with van der Waals surface area (Å²) in [6.45, 7) is 5.30. The summed E-state index contributed by atoms with van der Waals surface area (Å²) in [4.78, 5) is 35.6. The van der Waals surface area contributed by atoms with Gasteiger partial charge < -0.3 is 20.5 Å². The molecule has 164 valence electrons. The van der Waals surface area contributed by atoms with Gasteiger partial charge in [0.2, 0.25) is 5.91 Å². The molecule has 0 saturated heterocycles. The van der Waals surface area contributed by atoms with Crippen LogP contribution < -0.4 is 10.6 Å². The molecule has 0 aliphatic heterocycles. The molecule has 1 unspecified atom stereocenters. The zero-order valence-corrected chi connectivity index (χ0v) is 17.9. The maximum atomic E-state index is 12.3. The quantitative estimate of drug-likeness (QED) is 0.601. The minimum atomic E-state index is -1.08. The van der Waals surface area contributed by atoms with Crippen molar-refractivity contribution in [2.45, 2.75) is 45.2 Å². The molecule has 2 aromatic rings. The second-order valence-electron chi connectivity index (χ2n) is 8.20. The van der Waals surface area contributed by atoms with E-state index in [0.29, 0.717) is 0 Å². The maximum Gasteiger partial charge on any atom is 0.407 e. The number of nitrogens with one attached hydrogen (secondary N) is 2. The number of benzene rings is 2. The molecule has 3 N–H and O–H groups in total. The molecular formula is C24H28N2O5. The van der Waals surface area contributed by atoms with Crippen molar-refractivity contribution in [3.8, 4) is 11.1 Å². The van der Waals surface area contributed by atoms with E-state index in [4.69, 9.17) is 4.74 Å².